The van der Waals surface area contributed by atoms with E-state index in [2.05, 4.69) is 38.2 Å². The summed E-state index contributed by atoms with van der Waals surface area (Å²) >= 11 is -0.00628. The van der Waals surface area contributed by atoms with Crippen LogP contribution in [0, 0.1) is 6.92 Å². The van der Waals surface area contributed by atoms with Crippen molar-refractivity contribution in [2.75, 3.05) is 36.2 Å². The number of hydrogen-bond donors (Lipinski definition) is 2. The SMILES string of the molecule is Cc1c(N)c(N=Nc2ccc(S(=O)(=O)CCOSOO[O-])cc2S(=O)(=O)[O-])c(N)c(N=Nc2ccc(S(=O)(=O)CCOS(=O)(=O)[O-])cc2S(=O)(=O)[O-])c1C(=O)[O-].[Na+].[Na+].[Na+].[Na+].[Na+]. The number of carboxylic acids is 1. The molecular weight excluding hydrogens is 1000 g/mol. The number of nitrogens with two attached hydrogens (primary N) is 2. The first-order chi connectivity index (χ1) is 25.7. The van der Waals surface area contributed by atoms with Crippen molar-refractivity contribution in [1.82, 2.24) is 0 Å². The first-order valence-corrected chi connectivity index (χ1v) is 22.1. The van der Waals surface area contributed by atoms with Gasteiger partial charge in [0.1, 0.15) is 43.0 Å². The van der Waals surface area contributed by atoms with Crippen molar-refractivity contribution in [3.05, 3.63) is 47.5 Å². The average molecular weight is 1020 g/mol. The molecular formula is C24H21N6Na5O20S6. The van der Waals surface area contributed by atoms with Crippen molar-refractivity contribution < 1.29 is 236 Å². The van der Waals surface area contributed by atoms with Gasteiger partial charge in [0.15, 0.2) is 32.0 Å². The van der Waals surface area contributed by atoms with Crippen LogP contribution in [0.15, 0.2) is 76.4 Å². The van der Waals surface area contributed by atoms with Crippen molar-refractivity contribution in [3.63, 3.8) is 0 Å². The van der Waals surface area contributed by atoms with Gasteiger partial charge in [-0.15, -0.1) is 24.8 Å². The van der Waals surface area contributed by atoms with Gasteiger partial charge in [0.25, 0.3) is 0 Å². The Hall–Kier alpha value is 0.710. The molecule has 0 spiro atoms. The maximum atomic E-state index is 12.7. The topological polar surface area (TPSA) is 441 Å². The van der Waals surface area contributed by atoms with Crippen molar-refractivity contribution in [3.8, 4) is 0 Å². The van der Waals surface area contributed by atoms with E-state index >= 15 is 0 Å². The van der Waals surface area contributed by atoms with E-state index in [1.165, 1.54) is 0 Å². The molecule has 0 aliphatic carbocycles. The summed E-state index contributed by atoms with van der Waals surface area (Å²) in [7, 11) is -25.3. The van der Waals surface area contributed by atoms with Gasteiger partial charge in [-0.25, -0.2) is 42.1 Å². The molecule has 3 aromatic rings. The molecule has 0 aliphatic rings. The van der Waals surface area contributed by atoms with Gasteiger partial charge in [-0.05, 0) is 48.9 Å². The molecule has 0 bridgehead atoms. The molecule has 308 valence electrons. The van der Waals surface area contributed by atoms with Gasteiger partial charge in [-0.2, -0.15) is 0 Å². The smallest absolute Gasteiger partial charge is 0.744 e. The number of carboxylic acid groups (broad SMARTS) is 1. The molecule has 37 heteroatoms. The second-order valence-corrected chi connectivity index (χ2v) is 18.7. The van der Waals surface area contributed by atoms with Gasteiger partial charge in [0, 0.05) is 5.56 Å². The molecule has 0 saturated carbocycles. The number of nitrogen functional groups attached to an aromatic ring is 2. The monoisotopic (exact) mass is 1020 g/mol. The van der Waals surface area contributed by atoms with E-state index in [1.54, 1.807) is 0 Å². The molecule has 0 heterocycles. The van der Waals surface area contributed by atoms with Gasteiger partial charge in [0.05, 0.1) is 61.6 Å². The zero-order chi connectivity index (χ0) is 42.4. The minimum atomic E-state index is -5.60. The number of azo groups is 2. The quantitative estimate of drug-likeness (QED) is 0.0130. The standard InChI is InChI=1S/C24H26N6O20S6.5Na/c1-12-19(24(31)32)22(29-27-15-4-3-14(11-17(15)54(38,39)40)53(36,37)9-7-48-56(44,45)46)21(26)23(20(12)25)30-28-16-5-2-13(10-18(16)55(41,42)43)52(34,35)8-6-47-51-50-49-33;;;;;/h2-5,10-11,33H,6-9,25-26H2,1H3,(H,31,32)(H,38,39,40)(H,41,42,43)(H,44,45,46);;;;;/q;5*+1/p-5. The van der Waals surface area contributed by atoms with Gasteiger partial charge < -0.3 is 40.3 Å². The second kappa shape index (κ2) is 27.5. The van der Waals surface area contributed by atoms with Gasteiger partial charge in [-0.3, -0.25) is 13.4 Å². The van der Waals surface area contributed by atoms with E-state index < -0.39 is 146 Å². The Morgan fingerprint density at radius 3 is 1.49 bits per heavy atom. The summed E-state index contributed by atoms with van der Waals surface area (Å²) in [6, 6.07) is 3.63. The van der Waals surface area contributed by atoms with Crippen molar-refractivity contribution in [2.24, 2.45) is 20.5 Å². The zero-order valence-electron chi connectivity index (χ0n) is 32.4. The van der Waals surface area contributed by atoms with Gasteiger partial charge in [-0.1, -0.05) is 0 Å². The number of nitrogens with zero attached hydrogens (tertiary/aromatic N) is 4. The molecule has 3 rings (SSSR count). The molecule has 0 unspecified atom stereocenters. The number of aromatic carboxylic acids is 1. The van der Waals surface area contributed by atoms with E-state index in [0.717, 1.165) is 19.1 Å². The Balaban J connectivity index is -0.00000673. The molecule has 0 aliphatic heterocycles. The molecule has 0 fully saturated rings. The average Bonchev–Trinajstić information content (AvgIpc) is 3.07. The van der Waals surface area contributed by atoms with Crippen LogP contribution < -0.4 is 170 Å². The predicted octanol–water partition coefficient (Wildman–Crippen LogP) is -16.0. The fourth-order valence-electron chi connectivity index (χ4n) is 4.18. The fourth-order valence-corrected chi connectivity index (χ4v) is 8.54. The number of rotatable bonds is 19. The number of anilines is 2. The van der Waals surface area contributed by atoms with Crippen LogP contribution in [0.25, 0.3) is 0 Å². The van der Waals surface area contributed by atoms with Crippen LogP contribution in [0.5, 0.6) is 0 Å². The summed E-state index contributed by atoms with van der Waals surface area (Å²) in [4.78, 5) is 7.97. The van der Waals surface area contributed by atoms with Crippen molar-refractivity contribution >= 4 is 103 Å². The van der Waals surface area contributed by atoms with E-state index in [-0.39, 0.29) is 160 Å². The van der Waals surface area contributed by atoms with E-state index in [1.807, 2.05) is 0 Å². The van der Waals surface area contributed by atoms with Crippen LogP contribution >= 0.6 is 12.3 Å². The summed E-state index contributed by atoms with van der Waals surface area (Å²) in [5.74, 6) is -3.97. The Morgan fingerprint density at radius 1 is 0.672 bits per heavy atom. The first kappa shape index (κ1) is 66.0. The summed E-state index contributed by atoms with van der Waals surface area (Å²) in [6.45, 7) is -0.706. The third-order valence-corrected chi connectivity index (χ3v) is 12.7. The third kappa shape index (κ3) is 19.1. The number of carbonyl (C=O) groups is 1. The largest absolute Gasteiger partial charge is 1.00 e. The Bertz CT molecular complexity index is 2680. The molecule has 4 N–H and O–H groups in total. The summed E-state index contributed by atoms with van der Waals surface area (Å²) in [5, 5.41) is 39.3. The first-order valence-electron chi connectivity index (χ1n) is 14.0. The number of carbonyl (C=O) groups excluding carboxylic acids is 1. The van der Waals surface area contributed by atoms with Crippen LogP contribution in [0.4, 0.5) is 34.1 Å². The Labute approximate surface area is 462 Å². The molecule has 0 aromatic heterocycles. The maximum absolute atomic E-state index is 12.7. The van der Waals surface area contributed by atoms with E-state index in [9.17, 15) is 70.9 Å². The summed E-state index contributed by atoms with van der Waals surface area (Å²) < 4.78 is 167. The number of hydrogen-bond acceptors (Lipinski definition) is 27. The second-order valence-electron chi connectivity index (χ2n) is 10.3. The van der Waals surface area contributed by atoms with Crippen LogP contribution in [0.3, 0.4) is 0 Å². The van der Waals surface area contributed by atoms with Crippen LogP contribution in [-0.2, 0) is 68.0 Å². The van der Waals surface area contributed by atoms with E-state index in [0.29, 0.717) is 24.3 Å². The summed E-state index contributed by atoms with van der Waals surface area (Å²) in [6.07, 6.45) is 0. The number of sulfone groups is 2. The maximum Gasteiger partial charge on any atom is 1.00 e. The third-order valence-electron chi connectivity index (χ3n) is 6.74. The molecule has 0 radical (unpaired) electrons. The van der Waals surface area contributed by atoms with Gasteiger partial charge >= 0.3 is 148 Å². The van der Waals surface area contributed by atoms with Crippen LogP contribution in [0.2, 0.25) is 0 Å². The Kier molecular flexibility index (Phi) is 29.8. The van der Waals surface area contributed by atoms with Gasteiger partial charge in [0.2, 0.25) is 10.4 Å². The molecule has 0 amide bonds. The fraction of sp³-hybridized carbons (Fsp3) is 0.208. The van der Waals surface area contributed by atoms with Crippen LogP contribution in [-0.4, -0.2) is 86.4 Å². The van der Waals surface area contributed by atoms with Crippen molar-refractivity contribution in [1.29, 1.82) is 0 Å². The molecule has 0 saturated heterocycles. The summed E-state index contributed by atoms with van der Waals surface area (Å²) in [5.41, 5.74) is 6.21. The van der Waals surface area contributed by atoms with Crippen LogP contribution in [0.1, 0.15) is 15.9 Å². The van der Waals surface area contributed by atoms with E-state index in [4.69, 9.17) is 11.5 Å². The van der Waals surface area contributed by atoms with Crippen molar-refractivity contribution in [2.45, 2.75) is 26.5 Å². The molecule has 0 atom stereocenters. The normalized spacial score (nSPS) is 12.1. The molecule has 3 aromatic carbocycles. The predicted molar refractivity (Wildman–Crippen MR) is 177 cm³/mol. The minimum Gasteiger partial charge on any atom is -0.744 e. The minimum absolute atomic E-state index is 0. The Morgan fingerprint density at radius 2 is 1.10 bits per heavy atom. The number of benzene rings is 3. The zero-order valence-corrected chi connectivity index (χ0v) is 47.2. The molecule has 61 heavy (non-hydrogen) atoms. The molecule has 26 nitrogen and oxygen atoms in total.